The predicted molar refractivity (Wildman–Crippen MR) is 113 cm³/mol. The van der Waals surface area contributed by atoms with Gasteiger partial charge in [-0.15, -0.1) is 0 Å². The van der Waals surface area contributed by atoms with E-state index < -0.39 is 9.84 Å². The molecule has 0 aromatic carbocycles. The molecule has 7 heteroatoms. The molecule has 0 amide bonds. The van der Waals surface area contributed by atoms with Gasteiger partial charge in [-0.1, -0.05) is 6.07 Å². The summed E-state index contributed by atoms with van der Waals surface area (Å²) in [6.07, 6.45) is 9.13. The third-order valence-corrected chi connectivity index (χ3v) is 9.25. The summed E-state index contributed by atoms with van der Waals surface area (Å²) in [5.41, 5.74) is 2.03. The van der Waals surface area contributed by atoms with Gasteiger partial charge in [0.05, 0.1) is 17.2 Å². The second-order valence-corrected chi connectivity index (χ2v) is 11.5. The van der Waals surface area contributed by atoms with E-state index in [2.05, 4.69) is 21.9 Å². The molecule has 156 valence electrons. The van der Waals surface area contributed by atoms with Crippen molar-refractivity contribution in [3.8, 4) is 11.4 Å². The van der Waals surface area contributed by atoms with Gasteiger partial charge in [0, 0.05) is 36.9 Å². The highest BCUT2D eigenvalue weighted by Gasteiger charge is 2.55. The monoisotopic (exact) mass is 414 g/mol. The average Bonchev–Trinajstić information content (AvgIpc) is 3.12. The number of hydrogen-bond acceptors (Lipinski definition) is 5. The number of sulfone groups is 1. The first-order valence-corrected chi connectivity index (χ1v) is 12.7. The van der Waals surface area contributed by atoms with Gasteiger partial charge in [0.15, 0.2) is 9.84 Å². The van der Waals surface area contributed by atoms with Gasteiger partial charge in [-0.2, -0.15) is 5.10 Å². The molecule has 2 aliphatic carbocycles. The van der Waals surface area contributed by atoms with Crippen LogP contribution in [0.25, 0.3) is 11.4 Å². The van der Waals surface area contributed by atoms with Gasteiger partial charge in [0.2, 0.25) is 0 Å². The van der Waals surface area contributed by atoms with E-state index in [4.69, 9.17) is 0 Å². The highest BCUT2D eigenvalue weighted by Crippen LogP contribution is 2.54. The molecule has 6 nitrogen and oxygen atoms in total. The molecule has 2 saturated carbocycles. The average molecular weight is 415 g/mol. The number of aryl methyl sites for hydroxylation is 1. The van der Waals surface area contributed by atoms with Crippen LogP contribution in [0, 0.1) is 17.3 Å². The van der Waals surface area contributed by atoms with E-state index in [9.17, 15) is 8.42 Å². The summed E-state index contributed by atoms with van der Waals surface area (Å²) >= 11 is 0. The molecule has 2 aliphatic heterocycles. The molecule has 4 heterocycles. The first-order chi connectivity index (χ1) is 14.0. The maximum atomic E-state index is 11.3. The third kappa shape index (κ3) is 3.99. The summed E-state index contributed by atoms with van der Waals surface area (Å²) in [5, 5.41) is 4.35. The molecule has 0 N–H and O–H groups in total. The molecule has 3 atom stereocenters. The molecule has 4 aliphatic rings. The van der Waals surface area contributed by atoms with Crippen molar-refractivity contribution in [1.29, 1.82) is 0 Å². The Balaban J connectivity index is 0.000000129. The smallest absolute Gasteiger partial charge is 0.151 e. The molecule has 2 aromatic rings. The van der Waals surface area contributed by atoms with Crippen molar-refractivity contribution in [3.63, 3.8) is 0 Å². The van der Waals surface area contributed by atoms with Crippen LogP contribution in [-0.2, 0) is 16.4 Å². The topological polar surface area (TPSA) is 68.1 Å². The zero-order valence-electron chi connectivity index (χ0n) is 17.1. The Morgan fingerprint density at radius 3 is 2.52 bits per heavy atom. The van der Waals surface area contributed by atoms with Crippen LogP contribution in [-0.4, -0.2) is 58.7 Å². The molecule has 0 radical (unpaired) electrons. The van der Waals surface area contributed by atoms with Crippen molar-refractivity contribution in [3.05, 3.63) is 36.7 Å². The van der Waals surface area contributed by atoms with E-state index in [-0.39, 0.29) is 5.41 Å². The number of rotatable bonds is 3. The summed E-state index contributed by atoms with van der Waals surface area (Å²) in [7, 11) is -2.65. The fourth-order valence-corrected chi connectivity index (χ4v) is 7.83. The Hall–Kier alpha value is -1.73. The number of aromatic nitrogens is 3. The van der Waals surface area contributed by atoms with Crippen molar-refractivity contribution in [1.82, 2.24) is 19.7 Å². The van der Waals surface area contributed by atoms with E-state index in [1.165, 1.54) is 19.3 Å². The summed E-state index contributed by atoms with van der Waals surface area (Å²) in [6, 6.07) is 8.60. The van der Waals surface area contributed by atoms with Crippen molar-refractivity contribution < 1.29 is 8.42 Å². The van der Waals surface area contributed by atoms with Crippen molar-refractivity contribution in [2.45, 2.75) is 45.2 Å². The van der Waals surface area contributed by atoms with Crippen LogP contribution in [0.5, 0.6) is 0 Å². The van der Waals surface area contributed by atoms with E-state index >= 15 is 0 Å². The lowest BCUT2D eigenvalue weighted by Crippen LogP contribution is -2.50. The lowest BCUT2D eigenvalue weighted by Gasteiger charge is -2.38. The Morgan fingerprint density at radius 2 is 1.90 bits per heavy atom. The van der Waals surface area contributed by atoms with E-state index in [1.54, 1.807) is 6.20 Å². The Kier molecular flexibility index (Phi) is 4.78. The summed E-state index contributed by atoms with van der Waals surface area (Å²) in [6.45, 7) is 5.18. The SMILES string of the molecule is CCn1ccc(-c2ccccn2)n1.O=S1(=O)CC2(CCN(C3C[C@@H]4C[C@@H]4C3)C2)C1. The number of hydrogen-bond donors (Lipinski definition) is 0. The first kappa shape index (κ1) is 19.2. The predicted octanol–water partition coefficient (Wildman–Crippen LogP) is 2.87. The normalized spacial score (nSPS) is 31.0. The molecule has 2 aromatic heterocycles. The molecule has 6 rings (SSSR count). The second-order valence-electron chi connectivity index (χ2n) is 9.41. The van der Waals surface area contributed by atoms with Crippen molar-refractivity contribution >= 4 is 9.84 Å². The maximum Gasteiger partial charge on any atom is 0.151 e. The van der Waals surface area contributed by atoms with E-state index in [0.29, 0.717) is 11.5 Å². The minimum atomic E-state index is -2.65. The maximum absolute atomic E-state index is 11.3. The molecule has 2 saturated heterocycles. The Labute approximate surface area is 173 Å². The van der Waals surface area contributed by atoms with Crippen LogP contribution in [0.15, 0.2) is 36.7 Å². The quantitative estimate of drug-likeness (QED) is 0.773. The van der Waals surface area contributed by atoms with Crippen LogP contribution in [0.1, 0.15) is 32.6 Å². The summed E-state index contributed by atoms with van der Waals surface area (Å²) < 4.78 is 24.5. The van der Waals surface area contributed by atoms with Crippen LogP contribution < -0.4 is 0 Å². The van der Waals surface area contributed by atoms with Crippen LogP contribution in [0.2, 0.25) is 0 Å². The molecule has 4 fully saturated rings. The molecular weight excluding hydrogens is 384 g/mol. The molecule has 29 heavy (non-hydrogen) atoms. The van der Waals surface area contributed by atoms with Gasteiger partial charge in [-0.05, 0) is 69.2 Å². The van der Waals surface area contributed by atoms with Gasteiger partial charge in [-0.25, -0.2) is 8.42 Å². The Morgan fingerprint density at radius 1 is 1.10 bits per heavy atom. The highest BCUT2D eigenvalue weighted by molar-refractivity contribution is 7.92. The number of likely N-dealkylation sites (tertiary alicyclic amines) is 1. The molecule has 0 bridgehead atoms. The van der Waals surface area contributed by atoms with Gasteiger partial charge < -0.3 is 0 Å². The van der Waals surface area contributed by atoms with Crippen LogP contribution in [0.3, 0.4) is 0 Å². The van der Waals surface area contributed by atoms with Gasteiger partial charge >= 0.3 is 0 Å². The molecule has 1 unspecified atom stereocenters. The fraction of sp³-hybridized carbons (Fsp3) is 0.636. The zero-order valence-corrected chi connectivity index (χ0v) is 17.9. The highest BCUT2D eigenvalue weighted by atomic mass is 32.2. The summed E-state index contributed by atoms with van der Waals surface area (Å²) in [4.78, 5) is 6.82. The van der Waals surface area contributed by atoms with Gasteiger partial charge in [0.25, 0.3) is 0 Å². The number of pyridine rings is 1. The lowest BCUT2D eigenvalue weighted by atomic mass is 9.91. The minimum Gasteiger partial charge on any atom is -0.300 e. The number of nitrogens with zero attached hydrogens (tertiary/aromatic N) is 4. The molecule has 1 spiro atoms. The van der Waals surface area contributed by atoms with Gasteiger partial charge in [-0.3, -0.25) is 14.6 Å². The zero-order chi connectivity index (χ0) is 20.1. The van der Waals surface area contributed by atoms with Crippen molar-refractivity contribution in [2.24, 2.45) is 17.3 Å². The third-order valence-electron chi connectivity index (χ3n) is 7.15. The molecular formula is C22H30N4O2S. The van der Waals surface area contributed by atoms with Gasteiger partial charge in [0.1, 0.15) is 5.69 Å². The van der Waals surface area contributed by atoms with E-state index in [1.807, 2.05) is 35.1 Å². The standard InChI is InChI=1S/C12H19NO2S.C10H11N3/c14-16(15)7-12(8-16)1-2-13(6-12)11-4-9-3-10(9)5-11;1-2-13-8-6-10(12-13)9-5-3-4-7-11-9/h9-11H,1-8H2;3-8H,2H2,1H3/t9-,10+,11?;. The second kappa shape index (κ2) is 7.20. The Bertz CT molecular complexity index is 950. The van der Waals surface area contributed by atoms with Crippen LogP contribution >= 0.6 is 0 Å². The fourth-order valence-electron chi connectivity index (χ4n) is 5.58. The minimum absolute atomic E-state index is 0.172. The van der Waals surface area contributed by atoms with Crippen LogP contribution in [0.4, 0.5) is 0 Å². The van der Waals surface area contributed by atoms with E-state index in [0.717, 1.165) is 55.3 Å². The first-order valence-electron chi connectivity index (χ1n) is 10.8. The summed E-state index contributed by atoms with van der Waals surface area (Å²) in [5.74, 6) is 3.00. The van der Waals surface area contributed by atoms with Crippen molar-refractivity contribution in [2.75, 3.05) is 24.6 Å². The largest absolute Gasteiger partial charge is 0.300 e. The number of fused-ring (bicyclic) bond motifs is 1. The lowest BCUT2D eigenvalue weighted by molar-refractivity contribution is 0.204.